The van der Waals surface area contributed by atoms with Gasteiger partial charge in [0.2, 0.25) is 0 Å². The molecule has 0 saturated carbocycles. The van der Waals surface area contributed by atoms with Gasteiger partial charge in [-0.25, -0.2) is 19.6 Å². The van der Waals surface area contributed by atoms with Crippen LogP contribution in [0.4, 0.5) is 0 Å². The first-order valence-electron chi connectivity index (χ1n) is 7.47. The summed E-state index contributed by atoms with van der Waals surface area (Å²) in [7, 11) is 0. The predicted octanol–water partition coefficient (Wildman–Crippen LogP) is 4.14. The van der Waals surface area contributed by atoms with E-state index in [0.717, 1.165) is 0 Å². The number of hydrogen-bond donors (Lipinski definition) is 0. The Morgan fingerprint density at radius 3 is 2.96 bits per heavy atom. The first-order valence-corrected chi connectivity index (χ1v) is 7.84. The molecule has 0 aliphatic rings. The lowest BCUT2D eigenvalue weighted by molar-refractivity contribution is 0.0528. The minimum absolute atomic E-state index is 0.265. The van der Waals surface area contributed by atoms with E-state index < -0.39 is 5.97 Å². The minimum atomic E-state index is -0.446. The number of rotatable bonds is 4. The van der Waals surface area contributed by atoms with Gasteiger partial charge >= 0.3 is 5.97 Å². The van der Waals surface area contributed by atoms with Crippen molar-refractivity contribution in [3.8, 4) is 5.82 Å². The molecular weight excluding hydrogens is 340 g/mol. The molecule has 0 unspecified atom stereocenters. The first-order chi connectivity index (χ1) is 12.1. The van der Waals surface area contributed by atoms with Crippen LogP contribution < -0.4 is 0 Å². The number of esters is 1. The van der Waals surface area contributed by atoms with E-state index in [4.69, 9.17) is 22.9 Å². The number of fused-ring (bicyclic) bond motifs is 1. The van der Waals surface area contributed by atoms with Gasteiger partial charge in [0.15, 0.2) is 6.20 Å². The van der Waals surface area contributed by atoms with Crippen LogP contribution in [-0.4, -0.2) is 27.1 Å². The van der Waals surface area contributed by atoms with Crippen molar-refractivity contribution in [3.05, 3.63) is 70.7 Å². The third-order valence-electron chi connectivity index (χ3n) is 3.51. The summed E-state index contributed by atoms with van der Waals surface area (Å²) in [5.74, 6) is 0.0901. The summed E-state index contributed by atoms with van der Waals surface area (Å²) in [6, 6.07) is 5.05. The van der Waals surface area contributed by atoms with Gasteiger partial charge in [0.05, 0.1) is 24.3 Å². The van der Waals surface area contributed by atoms with Crippen LogP contribution in [0.2, 0.25) is 5.02 Å². The van der Waals surface area contributed by atoms with Crippen molar-refractivity contribution >= 4 is 34.5 Å². The summed E-state index contributed by atoms with van der Waals surface area (Å²) >= 11 is 6.28. The Morgan fingerprint density at radius 2 is 2.28 bits per heavy atom. The Balaban J connectivity index is 2.27. The second-order valence-electron chi connectivity index (χ2n) is 5.05. The molecule has 2 heterocycles. The molecule has 0 spiro atoms. The summed E-state index contributed by atoms with van der Waals surface area (Å²) in [6.45, 7) is 8.87. The van der Waals surface area contributed by atoms with Gasteiger partial charge in [0.25, 0.3) is 0 Å². The van der Waals surface area contributed by atoms with E-state index in [1.54, 1.807) is 54.5 Å². The number of ether oxygens (including phenoxy) is 1. The number of hydrogen-bond acceptors (Lipinski definition) is 4. The molecule has 3 aromatic rings. The van der Waals surface area contributed by atoms with E-state index >= 15 is 0 Å². The zero-order chi connectivity index (χ0) is 17.8. The number of imidazole rings is 1. The van der Waals surface area contributed by atoms with Crippen molar-refractivity contribution < 1.29 is 9.53 Å². The van der Waals surface area contributed by atoms with Crippen molar-refractivity contribution in [1.29, 1.82) is 0 Å². The van der Waals surface area contributed by atoms with Crippen LogP contribution in [0, 0.1) is 6.57 Å². The fourth-order valence-corrected chi connectivity index (χ4v) is 2.62. The van der Waals surface area contributed by atoms with E-state index in [-0.39, 0.29) is 6.61 Å². The molecule has 7 heteroatoms. The maximum atomic E-state index is 12.4. The van der Waals surface area contributed by atoms with Gasteiger partial charge in [-0.15, -0.1) is 0 Å². The molecule has 6 nitrogen and oxygen atoms in total. The normalized spacial score (nSPS) is 10.9. The average Bonchev–Trinajstić information content (AvgIpc) is 3.13. The summed E-state index contributed by atoms with van der Waals surface area (Å²) in [5.41, 5.74) is 1.57. The lowest BCUT2D eigenvalue weighted by Crippen LogP contribution is -2.08. The van der Waals surface area contributed by atoms with Crippen LogP contribution in [-0.2, 0) is 4.74 Å². The molecule has 124 valence electrons. The molecule has 25 heavy (non-hydrogen) atoms. The maximum Gasteiger partial charge on any atom is 0.338 e. The van der Waals surface area contributed by atoms with Crippen molar-refractivity contribution in [2.75, 3.05) is 6.61 Å². The summed E-state index contributed by atoms with van der Waals surface area (Å²) in [6.07, 6.45) is 7.86. The van der Waals surface area contributed by atoms with E-state index in [0.29, 0.717) is 32.9 Å². The topological polar surface area (TPSA) is 61.4 Å². The smallest absolute Gasteiger partial charge is 0.338 e. The van der Waals surface area contributed by atoms with Crippen LogP contribution in [0.3, 0.4) is 0 Å². The average molecular weight is 353 g/mol. The number of benzene rings is 1. The van der Waals surface area contributed by atoms with Gasteiger partial charge in [-0.05, 0) is 30.7 Å². The number of pyridine rings is 1. The van der Waals surface area contributed by atoms with Gasteiger partial charge in [-0.2, -0.15) is 0 Å². The van der Waals surface area contributed by atoms with Crippen LogP contribution in [0.25, 0.3) is 27.6 Å². The van der Waals surface area contributed by atoms with E-state index in [1.807, 2.05) is 0 Å². The molecule has 0 aliphatic heterocycles. The fraction of sp³-hybridized carbons (Fsp3) is 0.111. The number of carbonyl (C=O) groups excluding carboxylic acids is 1. The van der Waals surface area contributed by atoms with Crippen molar-refractivity contribution in [2.45, 2.75) is 6.92 Å². The first kappa shape index (κ1) is 16.7. The Kier molecular flexibility index (Phi) is 4.78. The molecule has 1 aromatic carbocycles. The molecule has 0 N–H and O–H groups in total. The molecule has 3 rings (SSSR count). The summed E-state index contributed by atoms with van der Waals surface area (Å²) < 4.78 is 6.87. The van der Waals surface area contributed by atoms with Gasteiger partial charge in [0, 0.05) is 22.8 Å². The fourth-order valence-electron chi connectivity index (χ4n) is 2.40. The standard InChI is InChI=1S/C18H13ClN4O2/c1-3-25-18(24)14-9-17(23-7-6-21-11-23)22-16-10-15(19)12(4-5-20-2)8-13(14)16/h4-11H,3H2,1H3. The molecule has 0 atom stereocenters. The third kappa shape index (κ3) is 3.37. The van der Waals surface area contributed by atoms with E-state index in [9.17, 15) is 4.79 Å². The van der Waals surface area contributed by atoms with Gasteiger partial charge in [-0.1, -0.05) is 17.7 Å². The molecule has 2 aromatic heterocycles. The Morgan fingerprint density at radius 1 is 1.44 bits per heavy atom. The lowest BCUT2D eigenvalue weighted by atomic mass is 10.1. The van der Waals surface area contributed by atoms with Crippen LogP contribution >= 0.6 is 11.6 Å². The Hall–Kier alpha value is -3.17. The predicted molar refractivity (Wildman–Crippen MR) is 95.5 cm³/mol. The summed E-state index contributed by atoms with van der Waals surface area (Å²) in [5, 5.41) is 1.05. The second kappa shape index (κ2) is 7.16. The zero-order valence-electron chi connectivity index (χ0n) is 13.3. The Labute approximate surface area is 149 Å². The van der Waals surface area contributed by atoms with Gasteiger partial charge < -0.3 is 4.74 Å². The molecule has 0 amide bonds. The minimum Gasteiger partial charge on any atom is -0.462 e. The number of halogens is 1. The number of carbonyl (C=O) groups is 1. The lowest BCUT2D eigenvalue weighted by Gasteiger charge is -2.11. The molecule has 0 aliphatic carbocycles. The molecule has 0 bridgehead atoms. The van der Waals surface area contributed by atoms with Crippen molar-refractivity contribution in [3.63, 3.8) is 0 Å². The van der Waals surface area contributed by atoms with Crippen LogP contribution in [0.1, 0.15) is 22.8 Å². The monoisotopic (exact) mass is 352 g/mol. The second-order valence-corrected chi connectivity index (χ2v) is 5.46. The van der Waals surface area contributed by atoms with Gasteiger partial charge in [0.1, 0.15) is 12.1 Å². The highest BCUT2D eigenvalue weighted by Crippen LogP contribution is 2.28. The molecule has 0 radical (unpaired) electrons. The highest BCUT2D eigenvalue weighted by atomic mass is 35.5. The molecule has 0 saturated heterocycles. The number of aromatic nitrogens is 3. The molecule has 0 fully saturated rings. The van der Waals surface area contributed by atoms with Crippen LogP contribution in [0.5, 0.6) is 0 Å². The summed E-state index contributed by atoms with van der Waals surface area (Å²) in [4.78, 5) is 24.1. The SMILES string of the molecule is [C-]#[N+]C=Cc1cc2c(C(=O)OCC)cc(-n3ccnc3)nc2cc1Cl. The largest absolute Gasteiger partial charge is 0.462 e. The Bertz CT molecular complexity index is 1000. The van der Waals surface area contributed by atoms with E-state index in [2.05, 4.69) is 14.8 Å². The maximum absolute atomic E-state index is 12.4. The van der Waals surface area contributed by atoms with Crippen LogP contribution in [0.15, 0.2) is 43.1 Å². The van der Waals surface area contributed by atoms with Crippen molar-refractivity contribution in [1.82, 2.24) is 14.5 Å². The number of nitrogens with zero attached hydrogens (tertiary/aromatic N) is 4. The highest BCUT2D eigenvalue weighted by Gasteiger charge is 2.16. The van der Waals surface area contributed by atoms with Crippen molar-refractivity contribution in [2.24, 2.45) is 0 Å². The third-order valence-corrected chi connectivity index (χ3v) is 3.83. The quantitative estimate of drug-likeness (QED) is 0.523. The molecular formula is C18H13ClN4O2. The van der Waals surface area contributed by atoms with E-state index in [1.165, 1.54) is 6.20 Å². The van der Waals surface area contributed by atoms with Gasteiger partial charge in [-0.3, -0.25) is 4.57 Å². The highest BCUT2D eigenvalue weighted by molar-refractivity contribution is 6.33. The zero-order valence-corrected chi connectivity index (χ0v) is 14.1.